The molecule has 1 aliphatic rings. The van der Waals surface area contributed by atoms with Crippen LogP contribution in [0.4, 0.5) is 0 Å². The van der Waals surface area contributed by atoms with Crippen molar-refractivity contribution in [1.82, 2.24) is 4.90 Å². The van der Waals surface area contributed by atoms with E-state index in [2.05, 4.69) is 10.3 Å². The van der Waals surface area contributed by atoms with Crippen molar-refractivity contribution in [2.24, 2.45) is 10.3 Å². The Balaban J connectivity index is 1.82. The number of para-hydroxylation sites is 1. The average Bonchev–Trinajstić information content (AvgIpc) is 2.40. The fourth-order valence-corrected chi connectivity index (χ4v) is 1.72. The fourth-order valence-electron chi connectivity index (χ4n) is 1.72. The molecule has 0 spiro atoms. The monoisotopic (exact) mass is 233 g/mol. The summed E-state index contributed by atoms with van der Waals surface area (Å²) in [5.74, 6) is 0.747. The van der Waals surface area contributed by atoms with Crippen LogP contribution in [0.2, 0.25) is 0 Å². The minimum atomic E-state index is 0.271. The average molecular weight is 233 g/mol. The van der Waals surface area contributed by atoms with Crippen molar-refractivity contribution < 1.29 is 4.84 Å². The van der Waals surface area contributed by atoms with Gasteiger partial charge in [-0.1, -0.05) is 28.5 Å². The van der Waals surface area contributed by atoms with Crippen molar-refractivity contribution in [1.29, 1.82) is 0 Å². The maximum atomic E-state index is 10.1. The van der Waals surface area contributed by atoms with Crippen molar-refractivity contribution >= 4 is 5.71 Å². The molecule has 0 unspecified atom stereocenters. The molecule has 0 N–H and O–H groups in total. The highest BCUT2D eigenvalue weighted by Crippen LogP contribution is 2.11. The molecule has 0 bridgehead atoms. The summed E-state index contributed by atoms with van der Waals surface area (Å²) in [6.07, 6.45) is 1.67. The third kappa shape index (κ3) is 3.64. The maximum Gasteiger partial charge on any atom is 0.157 e. The number of nitroso groups, excluding NO2 is 1. The highest BCUT2D eigenvalue weighted by Gasteiger charge is 2.15. The number of piperidine rings is 1. The summed E-state index contributed by atoms with van der Waals surface area (Å²) in [5.41, 5.74) is 1.04. The van der Waals surface area contributed by atoms with Gasteiger partial charge in [0, 0.05) is 25.9 Å². The number of nitrogens with zero attached hydrogens (tertiary/aromatic N) is 3. The van der Waals surface area contributed by atoms with E-state index in [9.17, 15) is 4.91 Å². The van der Waals surface area contributed by atoms with Crippen LogP contribution in [0.3, 0.4) is 0 Å². The summed E-state index contributed by atoms with van der Waals surface area (Å²) < 4.78 is 0. The summed E-state index contributed by atoms with van der Waals surface area (Å²) in [4.78, 5) is 17.5. The molecule has 1 heterocycles. The second-order valence-corrected chi connectivity index (χ2v) is 3.95. The largest absolute Gasteiger partial charge is 0.357 e. The summed E-state index contributed by atoms with van der Waals surface area (Å²) in [5, 5.41) is 7.01. The quantitative estimate of drug-likeness (QED) is 0.592. The summed E-state index contributed by atoms with van der Waals surface area (Å²) in [6, 6.07) is 9.50. The highest BCUT2D eigenvalue weighted by molar-refractivity contribution is 5.85. The molecule has 0 atom stereocenters. The van der Waals surface area contributed by atoms with E-state index in [1.807, 2.05) is 35.2 Å². The molecule has 1 aromatic carbocycles. The number of oxime groups is 1. The van der Waals surface area contributed by atoms with Crippen molar-refractivity contribution in [3.05, 3.63) is 35.2 Å². The third-order valence-corrected chi connectivity index (χ3v) is 2.71. The molecule has 1 aliphatic heterocycles. The number of hydrogen-bond acceptors (Lipinski definition) is 5. The molecule has 90 valence electrons. The normalized spacial score (nSPS) is 16.6. The molecule has 1 aromatic rings. The van der Waals surface area contributed by atoms with Crippen LogP contribution in [0, 0.1) is 4.91 Å². The fraction of sp³-hybridized carbons (Fsp3) is 0.417. The Morgan fingerprint density at radius 1 is 1.18 bits per heavy atom. The van der Waals surface area contributed by atoms with E-state index in [1.54, 1.807) is 0 Å². The van der Waals surface area contributed by atoms with E-state index >= 15 is 0 Å². The van der Waals surface area contributed by atoms with Crippen LogP contribution < -0.4 is 4.84 Å². The lowest BCUT2D eigenvalue weighted by molar-refractivity contribution is 0.274. The number of hydrogen-bond donors (Lipinski definition) is 0. The molecule has 0 radical (unpaired) electrons. The molecular formula is C12H15N3O2. The van der Waals surface area contributed by atoms with Gasteiger partial charge < -0.3 is 4.84 Å². The first-order valence-electron chi connectivity index (χ1n) is 5.68. The molecule has 0 aromatic heterocycles. The summed E-state index contributed by atoms with van der Waals surface area (Å²) in [7, 11) is 0. The van der Waals surface area contributed by atoms with Gasteiger partial charge in [0.25, 0.3) is 0 Å². The van der Waals surface area contributed by atoms with Crippen LogP contribution >= 0.6 is 0 Å². The van der Waals surface area contributed by atoms with Gasteiger partial charge in [-0.15, -0.1) is 4.91 Å². The molecule has 0 saturated carbocycles. The Hall–Kier alpha value is -1.75. The third-order valence-electron chi connectivity index (χ3n) is 2.71. The summed E-state index contributed by atoms with van der Waals surface area (Å²) >= 11 is 0. The molecule has 0 amide bonds. The van der Waals surface area contributed by atoms with Crippen molar-refractivity contribution in [2.45, 2.75) is 12.8 Å². The standard InChI is InChI=1S/C12H15N3O2/c16-13-10-15-8-6-11(7-9-15)14-17-12-4-2-1-3-5-12/h1-5H,6-10H2. The minimum absolute atomic E-state index is 0.271. The van der Waals surface area contributed by atoms with Gasteiger partial charge in [-0.2, -0.15) is 0 Å². The number of rotatable bonds is 4. The first kappa shape index (κ1) is 11.7. The molecule has 5 heteroatoms. The van der Waals surface area contributed by atoms with Crippen LogP contribution in [0.5, 0.6) is 5.75 Å². The van der Waals surface area contributed by atoms with Crippen LogP contribution in [0.15, 0.2) is 40.7 Å². The second kappa shape index (κ2) is 6.10. The van der Waals surface area contributed by atoms with Gasteiger partial charge in [-0.05, 0) is 12.1 Å². The van der Waals surface area contributed by atoms with Gasteiger partial charge in [0.2, 0.25) is 0 Å². The number of benzene rings is 1. The van der Waals surface area contributed by atoms with E-state index in [-0.39, 0.29) is 6.67 Å². The lowest BCUT2D eigenvalue weighted by Crippen LogP contribution is -2.34. The first-order valence-corrected chi connectivity index (χ1v) is 5.68. The molecule has 1 saturated heterocycles. The Kier molecular flexibility index (Phi) is 4.21. The smallest absolute Gasteiger partial charge is 0.157 e. The predicted molar refractivity (Wildman–Crippen MR) is 66.0 cm³/mol. The van der Waals surface area contributed by atoms with E-state index < -0.39 is 0 Å². The predicted octanol–water partition coefficient (Wildman–Crippen LogP) is 2.24. The van der Waals surface area contributed by atoms with Crippen LogP contribution in [0.25, 0.3) is 0 Å². The Bertz CT molecular complexity index is 382. The molecule has 1 fully saturated rings. The summed E-state index contributed by atoms with van der Waals surface area (Å²) in [6.45, 7) is 1.91. The Morgan fingerprint density at radius 3 is 2.53 bits per heavy atom. The number of likely N-dealkylation sites (tertiary alicyclic amines) is 1. The second-order valence-electron chi connectivity index (χ2n) is 3.95. The van der Waals surface area contributed by atoms with Gasteiger partial charge in [0.05, 0.1) is 5.71 Å². The highest BCUT2D eigenvalue weighted by atomic mass is 16.6. The van der Waals surface area contributed by atoms with E-state index in [4.69, 9.17) is 4.84 Å². The van der Waals surface area contributed by atoms with Crippen molar-refractivity contribution in [3.8, 4) is 5.75 Å². The molecule has 5 nitrogen and oxygen atoms in total. The van der Waals surface area contributed by atoms with Gasteiger partial charge in [0.1, 0.15) is 6.67 Å². The lowest BCUT2D eigenvalue weighted by atomic mass is 10.1. The SMILES string of the molecule is O=NCN1CCC(=NOc2ccccc2)CC1. The van der Waals surface area contributed by atoms with Crippen molar-refractivity contribution in [3.63, 3.8) is 0 Å². The molecule has 17 heavy (non-hydrogen) atoms. The zero-order valence-corrected chi connectivity index (χ0v) is 9.58. The first-order chi connectivity index (χ1) is 8.38. The van der Waals surface area contributed by atoms with Gasteiger partial charge in [-0.25, -0.2) is 0 Å². The molecular weight excluding hydrogens is 218 g/mol. The van der Waals surface area contributed by atoms with Crippen LogP contribution in [-0.4, -0.2) is 30.4 Å². The zero-order valence-electron chi connectivity index (χ0n) is 9.58. The molecule has 0 aliphatic carbocycles. The van der Waals surface area contributed by atoms with E-state index in [0.29, 0.717) is 0 Å². The van der Waals surface area contributed by atoms with Crippen LogP contribution in [-0.2, 0) is 0 Å². The molecule has 2 rings (SSSR count). The van der Waals surface area contributed by atoms with Gasteiger partial charge in [-0.3, -0.25) is 4.90 Å². The van der Waals surface area contributed by atoms with E-state index in [0.717, 1.165) is 37.4 Å². The Morgan fingerprint density at radius 2 is 1.88 bits per heavy atom. The lowest BCUT2D eigenvalue weighted by Gasteiger charge is -2.24. The topological polar surface area (TPSA) is 54.3 Å². The van der Waals surface area contributed by atoms with E-state index in [1.165, 1.54) is 0 Å². The van der Waals surface area contributed by atoms with Crippen molar-refractivity contribution in [2.75, 3.05) is 19.8 Å². The van der Waals surface area contributed by atoms with Gasteiger partial charge in [0.15, 0.2) is 5.75 Å². The Labute approximate surface area is 100 Å². The van der Waals surface area contributed by atoms with Crippen LogP contribution in [0.1, 0.15) is 12.8 Å². The maximum absolute atomic E-state index is 10.1. The zero-order chi connectivity index (χ0) is 11.9. The minimum Gasteiger partial charge on any atom is -0.357 e. The van der Waals surface area contributed by atoms with Gasteiger partial charge >= 0.3 is 0 Å².